The number of rotatable bonds is 5. The molecular formula is C36H57NO6. The van der Waals surface area contributed by atoms with Crippen molar-refractivity contribution in [1.82, 2.24) is 4.90 Å². The fraction of sp³-hybridized carbons (Fsp3) is 0.833. The van der Waals surface area contributed by atoms with Gasteiger partial charge >= 0.3 is 5.97 Å². The smallest absolute Gasteiger partial charge is 0.303 e. The van der Waals surface area contributed by atoms with Gasteiger partial charge in [0.05, 0.1) is 18.3 Å². The van der Waals surface area contributed by atoms with Crippen LogP contribution in [0.3, 0.4) is 0 Å². The number of piperidine rings is 1. The van der Waals surface area contributed by atoms with Crippen molar-refractivity contribution in [2.45, 2.75) is 137 Å². The van der Waals surface area contributed by atoms with Gasteiger partial charge in [-0.2, -0.15) is 0 Å². The Morgan fingerprint density at radius 1 is 0.953 bits per heavy atom. The molecule has 43 heavy (non-hydrogen) atoms. The molecule has 242 valence electrons. The van der Waals surface area contributed by atoms with Crippen molar-refractivity contribution in [3.63, 3.8) is 0 Å². The van der Waals surface area contributed by atoms with Crippen LogP contribution in [0.1, 0.15) is 113 Å². The molecular weight excluding hydrogens is 542 g/mol. The maximum absolute atomic E-state index is 14.4. The lowest BCUT2D eigenvalue weighted by molar-refractivity contribution is -0.234. The van der Waals surface area contributed by atoms with Crippen LogP contribution in [0.25, 0.3) is 0 Å². The van der Waals surface area contributed by atoms with E-state index in [0.29, 0.717) is 51.1 Å². The number of nitrogens with zero attached hydrogens (tertiary/aromatic N) is 1. The van der Waals surface area contributed by atoms with Crippen molar-refractivity contribution in [1.29, 1.82) is 0 Å². The van der Waals surface area contributed by atoms with Gasteiger partial charge in [0, 0.05) is 25.6 Å². The predicted molar refractivity (Wildman–Crippen MR) is 167 cm³/mol. The Hall–Kier alpha value is -1.70. The van der Waals surface area contributed by atoms with Crippen LogP contribution in [0.15, 0.2) is 22.8 Å². The average Bonchev–Trinajstić information content (AvgIpc) is 3.20. The summed E-state index contributed by atoms with van der Waals surface area (Å²) in [5.41, 5.74) is 2.32. The monoisotopic (exact) mass is 599 g/mol. The largest absolute Gasteiger partial charge is 0.458 e. The Morgan fingerprint density at radius 2 is 1.63 bits per heavy atom. The van der Waals surface area contributed by atoms with Crippen LogP contribution in [0, 0.1) is 39.9 Å². The van der Waals surface area contributed by atoms with E-state index in [9.17, 15) is 24.9 Å². The summed E-state index contributed by atoms with van der Waals surface area (Å²) in [5, 5.41) is 33.1. The molecule has 0 unspecified atom stereocenters. The number of aliphatic hydroxyl groups excluding tert-OH is 3. The van der Waals surface area contributed by atoms with Crippen molar-refractivity contribution in [3.8, 4) is 0 Å². The van der Waals surface area contributed by atoms with Crippen molar-refractivity contribution in [2.75, 3.05) is 13.1 Å². The number of fused-ring (bicyclic) bond motifs is 5. The third-order valence-corrected chi connectivity index (χ3v) is 13.3. The van der Waals surface area contributed by atoms with Gasteiger partial charge in [-0.25, -0.2) is 0 Å². The molecule has 5 fully saturated rings. The normalized spacial score (nSPS) is 44.1. The second-order valence-electron chi connectivity index (χ2n) is 15.9. The maximum atomic E-state index is 14.4. The Labute approximate surface area is 259 Å². The number of amides is 1. The second-order valence-corrected chi connectivity index (χ2v) is 15.9. The minimum absolute atomic E-state index is 0.00186. The molecule has 1 saturated heterocycles. The van der Waals surface area contributed by atoms with Gasteiger partial charge in [0.2, 0.25) is 5.91 Å². The van der Waals surface area contributed by atoms with Crippen LogP contribution >= 0.6 is 0 Å². The molecule has 0 spiro atoms. The Balaban J connectivity index is 1.61. The molecule has 4 aliphatic carbocycles. The number of carbonyl (C=O) groups is 2. The number of esters is 1. The number of aliphatic hydroxyl groups is 3. The molecule has 7 heteroatoms. The van der Waals surface area contributed by atoms with Crippen molar-refractivity contribution < 1.29 is 29.6 Å². The van der Waals surface area contributed by atoms with Gasteiger partial charge in [0.25, 0.3) is 0 Å². The SMILES string of the molecule is CC(=O)O[C@H]1C[C@@]2(C)[C@@H](C[C@@H](O)[C@H]3[C@@]4(C)CC[C@@H](O)[C@@H](C)[C@@H]4CC[C@@]32C)/C1=C(\CCC=C(C)C)C(=O)N1CCC(O)CC1. The summed E-state index contributed by atoms with van der Waals surface area (Å²) in [5.74, 6) is 0.228. The fourth-order valence-corrected chi connectivity index (χ4v) is 11.0. The molecule has 7 nitrogen and oxygen atoms in total. The molecule has 0 aromatic carbocycles. The summed E-state index contributed by atoms with van der Waals surface area (Å²) < 4.78 is 6.13. The van der Waals surface area contributed by atoms with Gasteiger partial charge in [-0.05, 0) is 124 Å². The predicted octanol–water partition coefficient (Wildman–Crippen LogP) is 5.56. The molecule has 5 aliphatic rings. The molecule has 1 aliphatic heterocycles. The molecule has 10 atom stereocenters. The minimum atomic E-state index is -0.538. The van der Waals surface area contributed by atoms with E-state index in [1.54, 1.807) is 0 Å². The highest BCUT2D eigenvalue weighted by atomic mass is 16.5. The molecule has 1 amide bonds. The van der Waals surface area contributed by atoms with E-state index in [1.807, 2.05) is 4.90 Å². The number of ether oxygens (including phenoxy) is 1. The van der Waals surface area contributed by atoms with E-state index in [0.717, 1.165) is 43.3 Å². The first-order valence-corrected chi connectivity index (χ1v) is 17.0. The van der Waals surface area contributed by atoms with Gasteiger partial charge in [-0.15, -0.1) is 0 Å². The number of allylic oxidation sites excluding steroid dienone is 2. The molecule has 5 rings (SSSR count). The van der Waals surface area contributed by atoms with Crippen LogP contribution in [0.4, 0.5) is 0 Å². The molecule has 3 N–H and O–H groups in total. The van der Waals surface area contributed by atoms with Crippen LogP contribution in [-0.2, 0) is 14.3 Å². The first kappa shape index (κ1) is 32.7. The van der Waals surface area contributed by atoms with E-state index in [-0.39, 0.29) is 58.1 Å². The quantitative estimate of drug-likeness (QED) is 0.217. The molecule has 0 aromatic rings. The van der Waals surface area contributed by atoms with Crippen LogP contribution in [-0.4, -0.2) is 69.6 Å². The first-order valence-electron chi connectivity index (χ1n) is 17.0. The molecule has 0 aromatic heterocycles. The van der Waals surface area contributed by atoms with Crippen molar-refractivity contribution in [2.24, 2.45) is 39.9 Å². The third-order valence-electron chi connectivity index (χ3n) is 13.3. The third kappa shape index (κ3) is 5.43. The van der Waals surface area contributed by atoms with E-state index >= 15 is 0 Å². The van der Waals surface area contributed by atoms with Gasteiger partial charge in [-0.3, -0.25) is 9.59 Å². The number of hydrogen-bond donors (Lipinski definition) is 3. The lowest BCUT2D eigenvalue weighted by Gasteiger charge is -2.69. The van der Waals surface area contributed by atoms with Gasteiger partial charge in [-0.1, -0.05) is 39.3 Å². The van der Waals surface area contributed by atoms with E-state index in [1.165, 1.54) is 12.5 Å². The Kier molecular flexibility index (Phi) is 9.05. The topological polar surface area (TPSA) is 107 Å². The Morgan fingerprint density at radius 3 is 2.26 bits per heavy atom. The van der Waals surface area contributed by atoms with Gasteiger partial charge in [0.15, 0.2) is 0 Å². The highest BCUT2D eigenvalue weighted by molar-refractivity contribution is 5.95. The number of likely N-dealkylation sites (tertiary alicyclic amines) is 1. The zero-order chi connectivity index (χ0) is 31.5. The molecule has 0 bridgehead atoms. The first-order chi connectivity index (χ1) is 20.1. The van der Waals surface area contributed by atoms with Gasteiger partial charge in [0.1, 0.15) is 6.10 Å². The summed E-state index contributed by atoms with van der Waals surface area (Å²) in [4.78, 5) is 28.8. The van der Waals surface area contributed by atoms with E-state index in [4.69, 9.17) is 4.74 Å². The standard InChI is InChI=1S/C36H57NO6/c1-21(2)9-8-10-25(33(42)37-17-13-24(39)14-18-37)31-27-19-29(41)32-34(5)15-12-28(40)22(3)26(34)11-16-35(32,6)36(27,7)20-30(31)43-23(4)38/h9,22,24,26-30,32,39-41H,8,10-20H2,1-7H3/b31-25-/t22-,26-,27-,28+,29+,30-,32-,34-,35-,36-/m0/s1. The number of carbonyl (C=O) groups excluding carboxylic acids is 2. The highest BCUT2D eigenvalue weighted by Crippen LogP contribution is 2.74. The van der Waals surface area contributed by atoms with E-state index in [2.05, 4.69) is 47.6 Å². The van der Waals surface area contributed by atoms with Crippen molar-refractivity contribution >= 4 is 11.9 Å². The van der Waals surface area contributed by atoms with Crippen molar-refractivity contribution in [3.05, 3.63) is 22.8 Å². The molecule has 0 radical (unpaired) electrons. The zero-order valence-electron chi connectivity index (χ0n) is 27.7. The average molecular weight is 600 g/mol. The fourth-order valence-electron chi connectivity index (χ4n) is 11.0. The summed E-state index contributed by atoms with van der Waals surface area (Å²) in [6.45, 7) is 15.9. The van der Waals surface area contributed by atoms with E-state index < -0.39 is 12.2 Å². The Bertz CT molecular complexity index is 1150. The van der Waals surface area contributed by atoms with Crippen LogP contribution in [0.2, 0.25) is 0 Å². The highest BCUT2D eigenvalue weighted by Gasteiger charge is 2.70. The van der Waals surface area contributed by atoms with Crippen LogP contribution in [0.5, 0.6) is 0 Å². The zero-order valence-corrected chi connectivity index (χ0v) is 27.7. The minimum Gasteiger partial charge on any atom is -0.458 e. The summed E-state index contributed by atoms with van der Waals surface area (Å²) in [7, 11) is 0. The maximum Gasteiger partial charge on any atom is 0.303 e. The van der Waals surface area contributed by atoms with Gasteiger partial charge < -0.3 is 25.0 Å². The summed E-state index contributed by atoms with van der Waals surface area (Å²) >= 11 is 0. The summed E-state index contributed by atoms with van der Waals surface area (Å²) in [6, 6.07) is 0. The van der Waals surface area contributed by atoms with Crippen LogP contribution < -0.4 is 0 Å². The lowest BCUT2D eigenvalue weighted by atomic mass is 9.36. The lowest BCUT2D eigenvalue weighted by Crippen LogP contribution is -2.65. The summed E-state index contributed by atoms with van der Waals surface area (Å²) in [6.07, 6.45) is 7.75. The number of hydrogen-bond acceptors (Lipinski definition) is 6. The second kappa shape index (κ2) is 11.9. The molecule has 1 heterocycles. The molecule has 4 saturated carbocycles.